The van der Waals surface area contributed by atoms with Crippen LogP contribution in [0.5, 0.6) is 0 Å². The third-order valence-corrected chi connectivity index (χ3v) is 2.76. The van der Waals surface area contributed by atoms with Crippen LogP contribution in [-0.2, 0) is 14.3 Å². The summed E-state index contributed by atoms with van der Waals surface area (Å²) in [5, 5.41) is 37.8. The van der Waals surface area contributed by atoms with Crippen molar-refractivity contribution in [1.82, 2.24) is 0 Å². The number of esters is 1. The highest BCUT2D eigenvalue weighted by Crippen LogP contribution is 2.31. The van der Waals surface area contributed by atoms with Crippen LogP contribution in [0.1, 0.15) is 20.3 Å². The lowest BCUT2D eigenvalue weighted by Gasteiger charge is -2.45. The molecule has 0 unspecified atom stereocenters. The van der Waals surface area contributed by atoms with Crippen LogP contribution in [0.3, 0.4) is 0 Å². The molecular formula is C10H18O7. The van der Waals surface area contributed by atoms with Gasteiger partial charge in [-0.05, 0) is 0 Å². The zero-order valence-electron chi connectivity index (χ0n) is 9.74. The zero-order chi connectivity index (χ0) is 13.2. The summed E-state index contributed by atoms with van der Waals surface area (Å²) in [6.07, 6.45) is -5.63. The molecule has 5 atom stereocenters. The van der Waals surface area contributed by atoms with Crippen LogP contribution < -0.4 is 0 Å². The predicted octanol–water partition coefficient (Wildman–Crippen LogP) is -1.87. The normalized spacial score (nSPS) is 42.2. The van der Waals surface area contributed by atoms with E-state index in [0.29, 0.717) is 0 Å². The van der Waals surface area contributed by atoms with E-state index in [4.69, 9.17) is 14.6 Å². The SMILES string of the molecule is CCC(=O)O[C@]1(C)O[C@H](CO)[C@@H](O)[C@H](O)[C@@H]1O. The van der Waals surface area contributed by atoms with E-state index < -0.39 is 42.8 Å². The molecule has 0 spiro atoms. The van der Waals surface area contributed by atoms with Gasteiger partial charge in [0.15, 0.2) is 0 Å². The molecule has 100 valence electrons. The fourth-order valence-corrected chi connectivity index (χ4v) is 1.68. The molecule has 0 bridgehead atoms. The van der Waals surface area contributed by atoms with E-state index in [1.54, 1.807) is 6.92 Å². The maximum Gasteiger partial charge on any atom is 0.308 e. The van der Waals surface area contributed by atoms with E-state index in [0.717, 1.165) is 0 Å². The molecule has 1 aliphatic rings. The van der Waals surface area contributed by atoms with E-state index >= 15 is 0 Å². The average Bonchev–Trinajstić information content (AvgIpc) is 2.31. The predicted molar refractivity (Wildman–Crippen MR) is 54.8 cm³/mol. The van der Waals surface area contributed by atoms with E-state index in [-0.39, 0.29) is 6.42 Å². The number of aliphatic hydroxyl groups excluding tert-OH is 4. The first-order valence-electron chi connectivity index (χ1n) is 5.40. The highest BCUT2D eigenvalue weighted by Gasteiger charge is 2.53. The Balaban J connectivity index is 2.86. The second-order valence-corrected chi connectivity index (χ2v) is 4.11. The van der Waals surface area contributed by atoms with E-state index in [1.165, 1.54) is 6.92 Å². The fourth-order valence-electron chi connectivity index (χ4n) is 1.68. The Morgan fingerprint density at radius 2 is 1.94 bits per heavy atom. The quantitative estimate of drug-likeness (QED) is 0.433. The zero-order valence-corrected chi connectivity index (χ0v) is 9.74. The Morgan fingerprint density at radius 1 is 1.35 bits per heavy atom. The van der Waals surface area contributed by atoms with E-state index in [2.05, 4.69) is 0 Å². The van der Waals surface area contributed by atoms with Gasteiger partial charge in [-0.1, -0.05) is 6.92 Å². The molecule has 1 heterocycles. The van der Waals surface area contributed by atoms with Crippen molar-refractivity contribution in [2.24, 2.45) is 0 Å². The lowest BCUT2D eigenvalue weighted by Crippen LogP contribution is -2.65. The van der Waals surface area contributed by atoms with Crippen LogP contribution >= 0.6 is 0 Å². The Morgan fingerprint density at radius 3 is 2.41 bits per heavy atom. The number of carbonyl (C=O) groups excluding carboxylic acids is 1. The van der Waals surface area contributed by atoms with Gasteiger partial charge in [0.25, 0.3) is 0 Å². The summed E-state index contributed by atoms with van der Waals surface area (Å²) < 4.78 is 10.0. The number of ether oxygens (including phenoxy) is 2. The molecule has 1 aliphatic heterocycles. The van der Waals surface area contributed by atoms with Crippen molar-refractivity contribution in [3.05, 3.63) is 0 Å². The van der Waals surface area contributed by atoms with Gasteiger partial charge in [0.1, 0.15) is 24.4 Å². The number of aliphatic hydroxyl groups is 4. The van der Waals surface area contributed by atoms with Crippen LogP contribution in [0.4, 0.5) is 0 Å². The van der Waals surface area contributed by atoms with Crippen LogP contribution in [0, 0.1) is 0 Å². The summed E-state index contributed by atoms with van der Waals surface area (Å²) in [6.45, 7) is 2.27. The van der Waals surface area contributed by atoms with Crippen molar-refractivity contribution < 1.29 is 34.7 Å². The van der Waals surface area contributed by atoms with Crippen molar-refractivity contribution in [3.8, 4) is 0 Å². The molecule has 0 aliphatic carbocycles. The van der Waals surface area contributed by atoms with Gasteiger partial charge in [-0.2, -0.15) is 0 Å². The minimum atomic E-state index is -1.78. The summed E-state index contributed by atoms with van der Waals surface area (Å²) >= 11 is 0. The van der Waals surface area contributed by atoms with E-state index in [9.17, 15) is 20.1 Å². The third-order valence-electron chi connectivity index (χ3n) is 2.76. The first-order chi connectivity index (χ1) is 7.85. The summed E-state index contributed by atoms with van der Waals surface area (Å²) in [5.41, 5.74) is 0. The molecule has 0 saturated carbocycles. The smallest absolute Gasteiger partial charge is 0.308 e. The summed E-state index contributed by atoms with van der Waals surface area (Å²) in [6, 6.07) is 0. The second kappa shape index (κ2) is 5.28. The van der Waals surface area contributed by atoms with Crippen LogP contribution in [0.25, 0.3) is 0 Å². The first-order valence-corrected chi connectivity index (χ1v) is 5.40. The van der Waals surface area contributed by atoms with Gasteiger partial charge >= 0.3 is 5.97 Å². The minimum Gasteiger partial charge on any atom is -0.430 e. The maximum absolute atomic E-state index is 11.2. The lowest BCUT2D eigenvalue weighted by molar-refractivity contribution is -0.344. The van der Waals surface area contributed by atoms with Crippen molar-refractivity contribution in [3.63, 3.8) is 0 Å². The Kier molecular flexibility index (Phi) is 4.45. The topological polar surface area (TPSA) is 116 Å². The minimum absolute atomic E-state index is 0.0775. The molecule has 0 amide bonds. The molecule has 1 saturated heterocycles. The first kappa shape index (κ1) is 14.3. The van der Waals surface area contributed by atoms with Crippen molar-refractivity contribution >= 4 is 5.97 Å². The van der Waals surface area contributed by atoms with Gasteiger partial charge in [0.2, 0.25) is 5.79 Å². The van der Waals surface area contributed by atoms with Crippen LogP contribution in [0.15, 0.2) is 0 Å². The number of rotatable bonds is 3. The highest BCUT2D eigenvalue weighted by atomic mass is 16.7. The molecule has 0 radical (unpaired) electrons. The van der Waals surface area contributed by atoms with Crippen molar-refractivity contribution in [2.75, 3.05) is 6.61 Å². The van der Waals surface area contributed by atoms with Gasteiger partial charge in [-0.25, -0.2) is 0 Å². The summed E-state index contributed by atoms with van der Waals surface area (Å²) in [7, 11) is 0. The largest absolute Gasteiger partial charge is 0.430 e. The molecule has 7 nitrogen and oxygen atoms in total. The number of carbonyl (C=O) groups is 1. The molecular weight excluding hydrogens is 232 g/mol. The molecule has 1 rings (SSSR count). The molecule has 0 aromatic heterocycles. The van der Waals surface area contributed by atoms with Gasteiger partial charge < -0.3 is 29.9 Å². The van der Waals surface area contributed by atoms with Crippen LogP contribution in [-0.4, -0.2) is 63.2 Å². The van der Waals surface area contributed by atoms with Gasteiger partial charge in [0, 0.05) is 13.3 Å². The van der Waals surface area contributed by atoms with E-state index in [1.807, 2.05) is 0 Å². The van der Waals surface area contributed by atoms with Crippen LogP contribution in [0.2, 0.25) is 0 Å². The Bertz CT molecular complexity index is 280. The standard InChI is InChI=1S/C10H18O7/c1-3-6(12)17-10(2)9(15)8(14)7(13)5(4-11)16-10/h5,7-9,11,13-15H,3-4H2,1-2H3/t5-,7-,8+,9+,10+/m1/s1. The fraction of sp³-hybridized carbons (Fsp3) is 0.900. The van der Waals surface area contributed by atoms with Crippen molar-refractivity contribution in [1.29, 1.82) is 0 Å². The maximum atomic E-state index is 11.2. The molecule has 4 N–H and O–H groups in total. The van der Waals surface area contributed by atoms with Gasteiger partial charge in [0.05, 0.1) is 6.61 Å². The Labute approximate surface area is 98.6 Å². The molecule has 17 heavy (non-hydrogen) atoms. The Hall–Kier alpha value is -0.730. The molecule has 0 aromatic rings. The van der Waals surface area contributed by atoms with Crippen molar-refractivity contribution in [2.45, 2.75) is 50.5 Å². The summed E-state index contributed by atoms with van der Waals surface area (Å²) in [5.74, 6) is -2.40. The highest BCUT2D eigenvalue weighted by molar-refractivity contribution is 5.69. The van der Waals surface area contributed by atoms with Gasteiger partial charge in [-0.15, -0.1) is 0 Å². The summed E-state index contributed by atoms with van der Waals surface area (Å²) in [4.78, 5) is 11.2. The molecule has 1 fully saturated rings. The number of hydrogen-bond acceptors (Lipinski definition) is 7. The molecule has 0 aromatic carbocycles. The second-order valence-electron chi connectivity index (χ2n) is 4.11. The third kappa shape index (κ3) is 2.75. The average molecular weight is 250 g/mol. The molecule has 7 heteroatoms. The number of hydrogen-bond donors (Lipinski definition) is 4. The van der Waals surface area contributed by atoms with Gasteiger partial charge in [-0.3, -0.25) is 4.79 Å². The monoisotopic (exact) mass is 250 g/mol. The lowest BCUT2D eigenvalue weighted by atomic mass is 9.93.